The lowest BCUT2D eigenvalue weighted by molar-refractivity contribution is -0.870. The highest BCUT2D eigenvalue weighted by molar-refractivity contribution is 5.70. The molecular formula is C75H143NO8. The molecule has 0 aliphatic rings. The Kier molecular flexibility index (Phi) is 64.9. The number of hydrogen-bond acceptors (Lipinski definition) is 8. The van der Waals surface area contributed by atoms with Crippen LogP contribution in [0.2, 0.25) is 0 Å². The van der Waals surface area contributed by atoms with Gasteiger partial charge in [0.2, 0.25) is 0 Å². The van der Waals surface area contributed by atoms with Crippen LogP contribution in [0.15, 0.2) is 24.3 Å². The Labute approximate surface area is 522 Å². The molecule has 496 valence electrons. The van der Waals surface area contributed by atoms with Crippen molar-refractivity contribution < 1.29 is 42.9 Å². The molecular weight excluding hydrogens is 1040 g/mol. The quantitative estimate of drug-likeness (QED) is 0.0195. The first-order chi connectivity index (χ1) is 41.1. The molecule has 0 aromatic carbocycles. The van der Waals surface area contributed by atoms with Crippen LogP contribution in [0.1, 0.15) is 380 Å². The predicted molar refractivity (Wildman–Crippen MR) is 357 cm³/mol. The minimum atomic E-state index is -1.62. The monoisotopic (exact) mass is 1190 g/mol. The van der Waals surface area contributed by atoms with Crippen LogP contribution < -0.4 is 5.11 Å². The van der Waals surface area contributed by atoms with Crippen LogP contribution in [-0.2, 0) is 33.3 Å². The van der Waals surface area contributed by atoms with Crippen molar-refractivity contribution in [3.8, 4) is 0 Å². The minimum absolute atomic E-state index is 0.149. The molecule has 0 bridgehead atoms. The molecule has 0 aromatic heterocycles. The highest BCUT2D eigenvalue weighted by Crippen LogP contribution is 2.19. The van der Waals surface area contributed by atoms with Crippen LogP contribution in [0.5, 0.6) is 0 Å². The Balaban J connectivity index is 3.90. The highest BCUT2D eigenvalue weighted by Gasteiger charge is 2.22. The van der Waals surface area contributed by atoms with Gasteiger partial charge in [-0.15, -0.1) is 0 Å². The summed E-state index contributed by atoms with van der Waals surface area (Å²) in [7, 11) is 5.94. The number of nitrogens with zero attached hydrogens (tertiary/aromatic N) is 1. The summed E-state index contributed by atoms with van der Waals surface area (Å²) in [6, 6.07) is 0. The van der Waals surface area contributed by atoms with Crippen molar-refractivity contribution in [3.63, 3.8) is 0 Å². The number of quaternary nitrogens is 1. The van der Waals surface area contributed by atoms with E-state index in [1.54, 1.807) is 0 Å². The number of carbonyl (C=O) groups is 3. The number of likely N-dealkylation sites (N-methyl/N-ethyl adjacent to an activating group) is 1. The van der Waals surface area contributed by atoms with Gasteiger partial charge in [-0.05, 0) is 44.9 Å². The second-order valence-corrected chi connectivity index (χ2v) is 26.6. The summed E-state index contributed by atoms with van der Waals surface area (Å²) >= 11 is 0. The van der Waals surface area contributed by atoms with Crippen LogP contribution in [-0.4, -0.2) is 82.3 Å². The summed E-state index contributed by atoms with van der Waals surface area (Å²) in [4.78, 5) is 37.4. The fourth-order valence-electron chi connectivity index (χ4n) is 11.3. The summed E-state index contributed by atoms with van der Waals surface area (Å²) in [6.45, 7) is 4.78. The molecule has 9 nitrogen and oxygen atoms in total. The smallest absolute Gasteiger partial charge is 0.306 e. The summed E-state index contributed by atoms with van der Waals surface area (Å²) < 4.78 is 22.8. The molecule has 2 atom stereocenters. The maximum Gasteiger partial charge on any atom is 0.306 e. The van der Waals surface area contributed by atoms with Gasteiger partial charge in [0.05, 0.1) is 40.3 Å². The van der Waals surface area contributed by atoms with Crippen LogP contribution in [0.4, 0.5) is 0 Å². The fraction of sp³-hybridized carbons (Fsp3) is 0.907. The van der Waals surface area contributed by atoms with Gasteiger partial charge in [0.15, 0.2) is 12.4 Å². The molecule has 84 heavy (non-hydrogen) atoms. The van der Waals surface area contributed by atoms with Gasteiger partial charge in [0.1, 0.15) is 13.2 Å². The summed E-state index contributed by atoms with van der Waals surface area (Å²) in [6.07, 6.45) is 80.2. The molecule has 0 saturated heterocycles. The molecule has 2 unspecified atom stereocenters. The number of carbonyl (C=O) groups excluding carboxylic acids is 3. The number of rotatable bonds is 70. The van der Waals surface area contributed by atoms with E-state index in [1.807, 2.05) is 21.1 Å². The average molecular weight is 1190 g/mol. The van der Waals surface area contributed by atoms with Crippen molar-refractivity contribution >= 4 is 17.9 Å². The Hall–Kier alpha value is -2.23. The van der Waals surface area contributed by atoms with E-state index in [0.717, 1.165) is 51.4 Å². The van der Waals surface area contributed by atoms with Crippen molar-refractivity contribution in [2.45, 2.75) is 392 Å². The lowest BCUT2D eigenvalue weighted by Gasteiger charge is -2.26. The highest BCUT2D eigenvalue weighted by atomic mass is 16.7. The van der Waals surface area contributed by atoms with Gasteiger partial charge in [0.25, 0.3) is 0 Å². The third-order valence-corrected chi connectivity index (χ3v) is 17.0. The zero-order valence-corrected chi connectivity index (χ0v) is 56.8. The molecule has 0 rings (SSSR count). The van der Waals surface area contributed by atoms with E-state index >= 15 is 0 Å². The Morgan fingerprint density at radius 1 is 0.357 bits per heavy atom. The van der Waals surface area contributed by atoms with E-state index in [4.69, 9.17) is 18.9 Å². The van der Waals surface area contributed by atoms with Gasteiger partial charge in [-0.25, -0.2) is 0 Å². The van der Waals surface area contributed by atoms with E-state index in [2.05, 4.69) is 38.2 Å². The molecule has 0 aliphatic carbocycles. The predicted octanol–water partition coefficient (Wildman–Crippen LogP) is 21.6. The topological polar surface area (TPSA) is 111 Å². The van der Waals surface area contributed by atoms with Crippen LogP contribution >= 0.6 is 0 Å². The Morgan fingerprint density at radius 2 is 0.643 bits per heavy atom. The molecule has 0 spiro atoms. The Morgan fingerprint density at radius 3 is 0.964 bits per heavy atom. The lowest BCUT2D eigenvalue weighted by Crippen LogP contribution is -2.44. The maximum atomic E-state index is 12.9. The second-order valence-electron chi connectivity index (χ2n) is 26.6. The van der Waals surface area contributed by atoms with Crippen molar-refractivity contribution in [1.29, 1.82) is 0 Å². The number of hydrogen-bond donors (Lipinski definition) is 0. The van der Waals surface area contributed by atoms with E-state index in [0.29, 0.717) is 23.9 Å². The van der Waals surface area contributed by atoms with Gasteiger partial charge in [0, 0.05) is 12.8 Å². The van der Waals surface area contributed by atoms with Crippen molar-refractivity contribution in [3.05, 3.63) is 24.3 Å². The number of ether oxygens (including phenoxy) is 4. The first kappa shape index (κ1) is 81.8. The number of unbranched alkanes of at least 4 members (excludes halogenated alkanes) is 51. The lowest BCUT2D eigenvalue weighted by atomic mass is 10.0. The molecule has 0 radical (unpaired) electrons. The van der Waals surface area contributed by atoms with Gasteiger partial charge in [-0.1, -0.05) is 346 Å². The number of carboxylic acids is 1. The normalized spacial score (nSPS) is 12.7. The zero-order valence-electron chi connectivity index (χ0n) is 56.8. The fourth-order valence-corrected chi connectivity index (χ4v) is 11.3. The van der Waals surface area contributed by atoms with Gasteiger partial charge in [-0.3, -0.25) is 9.59 Å². The van der Waals surface area contributed by atoms with Crippen molar-refractivity contribution in [2.75, 3.05) is 47.5 Å². The van der Waals surface area contributed by atoms with Gasteiger partial charge in [-0.2, -0.15) is 0 Å². The standard InChI is InChI=1S/C75H143NO8/c1-6-8-10-12-14-16-18-20-22-24-26-27-28-29-30-31-32-33-34-35-36-37-38-39-40-41-42-43-44-45-46-48-49-51-53-55-57-59-61-63-65-72(77)82-69-71(70-83-75(74(79)80)81-68-67-76(3,4)5)84-73(78)66-64-62-60-58-56-54-52-50-47-25-23-21-19-17-15-13-11-9-7-2/h15,17,21,23,71,75H,6-14,16,18-20,22,24-70H2,1-5H3/b17-15-,23-21-. The Bertz CT molecular complexity index is 1430. The molecule has 0 aliphatic heterocycles. The third kappa shape index (κ3) is 67.3. The van der Waals surface area contributed by atoms with E-state index < -0.39 is 24.3 Å². The second kappa shape index (κ2) is 66.7. The van der Waals surface area contributed by atoms with E-state index in [-0.39, 0.29) is 32.2 Å². The molecule has 0 fully saturated rings. The SMILES string of the molecule is CCCCC/C=C\C/C=C\CCCCCCCCCCCC(=O)OC(COC(=O)CCCCCCCCCCCCCCCCCCCCCCCCCCCCCCCCCCCCCCCCCC)COC(OCC[N+](C)(C)C)C(=O)[O-]. The molecule has 0 N–H and O–H groups in total. The van der Waals surface area contributed by atoms with Crippen LogP contribution in [0.25, 0.3) is 0 Å². The van der Waals surface area contributed by atoms with Gasteiger partial charge >= 0.3 is 11.9 Å². The van der Waals surface area contributed by atoms with Crippen LogP contribution in [0, 0.1) is 0 Å². The maximum absolute atomic E-state index is 12.9. The van der Waals surface area contributed by atoms with E-state index in [9.17, 15) is 19.5 Å². The summed E-state index contributed by atoms with van der Waals surface area (Å²) in [5, 5.41) is 11.8. The molecule has 0 saturated carbocycles. The van der Waals surface area contributed by atoms with Crippen molar-refractivity contribution in [1.82, 2.24) is 0 Å². The first-order valence-corrected chi connectivity index (χ1v) is 37.0. The molecule has 0 amide bonds. The van der Waals surface area contributed by atoms with Crippen molar-refractivity contribution in [2.24, 2.45) is 0 Å². The summed E-state index contributed by atoms with van der Waals surface area (Å²) in [5.41, 5.74) is 0. The number of esters is 2. The number of aliphatic carboxylic acids is 1. The van der Waals surface area contributed by atoms with Crippen LogP contribution in [0.3, 0.4) is 0 Å². The van der Waals surface area contributed by atoms with E-state index in [1.165, 1.54) is 295 Å². The average Bonchev–Trinajstić information content (AvgIpc) is 3.55. The molecule has 0 aromatic rings. The number of carboxylic acid groups (broad SMARTS) is 1. The third-order valence-electron chi connectivity index (χ3n) is 17.0. The first-order valence-electron chi connectivity index (χ1n) is 37.0. The largest absolute Gasteiger partial charge is 0.545 e. The van der Waals surface area contributed by atoms with Gasteiger partial charge < -0.3 is 33.3 Å². The molecule has 0 heterocycles. The number of allylic oxidation sites excluding steroid dienone is 4. The summed E-state index contributed by atoms with van der Waals surface area (Å²) in [5.74, 6) is -2.26. The zero-order chi connectivity index (χ0) is 61.2. The minimum Gasteiger partial charge on any atom is -0.545 e. The molecule has 9 heteroatoms.